The van der Waals surface area contributed by atoms with Crippen LogP contribution in [0.25, 0.3) is 11.3 Å². The summed E-state index contributed by atoms with van der Waals surface area (Å²) in [6.07, 6.45) is 0. The number of nitrogens with zero attached hydrogens (tertiary/aromatic N) is 6. The van der Waals surface area contributed by atoms with Gasteiger partial charge in [0.2, 0.25) is 5.89 Å². The van der Waals surface area contributed by atoms with Crippen LogP contribution in [0.5, 0.6) is 0 Å². The second kappa shape index (κ2) is 7.21. The Kier molecular flexibility index (Phi) is 4.62. The molecule has 1 aromatic carbocycles. The molecule has 7 heteroatoms. The average molecular weight is 350 g/mol. The Morgan fingerprint density at radius 1 is 0.962 bits per heavy atom. The third-order valence-corrected chi connectivity index (χ3v) is 4.70. The summed E-state index contributed by atoms with van der Waals surface area (Å²) < 4.78 is 5.04. The normalized spacial score (nSPS) is 15.4. The Balaban J connectivity index is 1.38. The summed E-state index contributed by atoms with van der Waals surface area (Å²) in [7, 11) is 0. The Morgan fingerprint density at radius 2 is 1.77 bits per heavy atom. The number of aryl methyl sites for hydroxylation is 2. The number of aromatic nitrogens is 4. The number of hydrogen-bond donors (Lipinski definition) is 0. The van der Waals surface area contributed by atoms with E-state index in [0.29, 0.717) is 5.89 Å². The van der Waals surface area contributed by atoms with E-state index in [2.05, 4.69) is 61.3 Å². The highest BCUT2D eigenvalue weighted by molar-refractivity contribution is 5.63. The van der Waals surface area contributed by atoms with Crippen LogP contribution >= 0.6 is 0 Å². The van der Waals surface area contributed by atoms with Crippen molar-refractivity contribution in [1.82, 2.24) is 25.2 Å². The fourth-order valence-corrected chi connectivity index (χ4v) is 3.24. The van der Waals surface area contributed by atoms with Gasteiger partial charge in [-0.15, -0.1) is 10.2 Å². The Morgan fingerprint density at radius 3 is 2.42 bits per heavy atom. The van der Waals surface area contributed by atoms with Gasteiger partial charge < -0.3 is 9.42 Å². The molecule has 0 spiro atoms. The summed E-state index contributed by atoms with van der Waals surface area (Å²) in [5.41, 5.74) is 3.25. The monoisotopic (exact) mass is 350 g/mol. The topological polar surface area (TPSA) is 71.2 Å². The smallest absolute Gasteiger partial charge is 0.223 e. The van der Waals surface area contributed by atoms with Gasteiger partial charge in [-0.2, -0.15) is 4.98 Å². The van der Waals surface area contributed by atoms with E-state index in [-0.39, 0.29) is 0 Å². The molecule has 1 aliphatic rings. The van der Waals surface area contributed by atoms with Crippen LogP contribution in [0.4, 0.5) is 5.82 Å². The predicted molar refractivity (Wildman–Crippen MR) is 98.7 cm³/mol. The minimum atomic E-state index is 0.614. The lowest BCUT2D eigenvalue weighted by Crippen LogP contribution is -2.46. The van der Waals surface area contributed by atoms with Crippen molar-refractivity contribution in [2.24, 2.45) is 0 Å². The summed E-state index contributed by atoms with van der Waals surface area (Å²) in [6.45, 7) is 8.33. The number of benzene rings is 1. The third kappa shape index (κ3) is 3.57. The quantitative estimate of drug-likeness (QED) is 0.716. The average Bonchev–Trinajstić information content (AvgIpc) is 3.08. The zero-order valence-electron chi connectivity index (χ0n) is 15.1. The molecule has 1 fully saturated rings. The van der Waals surface area contributed by atoms with Crippen molar-refractivity contribution in [3.63, 3.8) is 0 Å². The molecule has 4 rings (SSSR count). The fourth-order valence-electron chi connectivity index (χ4n) is 3.24. The summed E-state index contributed by atoms with van der Waals surface area (Å²) in [4.78, 5) is 8.87. The van der Waals surface area contributed by atoms with Gasteiger partial charge >= 0.3 is 0 Å². The molecule has 26 heavy (non-hydrogen) atoms. The van der Waals surface area contributed by atoms with Crippen LogP contribution in [-0.4, -0.2) is 51.4 Å². The molecule has 0 atom stereocenters. The van der Waals surface area contributed by atoms with Crippen LogP contribution in [0, 0.1) is 13.8 Å². The first-order valence-electron chi connectivity index (χ1n) is 8.85. The van der Waals surface area contributed by atoms with E-state index in [9.17, 15) is 0 Å². The second-order valence-corrected chi connectivity index (χ2v) is 6.58. The van der Waals surface area contributed by atoms with Crippen molar-refractivity contribution < 1.29 is 4.52 Å². The van der Waals surface area contributed by atoms with Crippen molar-refractivity contribution in [3.05, 3.63) is 53.7 Å². The first-order valence-corrected chi connectivity index (χ1v) is 8.85. The summed E-state index contributed by atoms with van der Waals surface area (Å²) in [6, 6.07) is 12.4. The molecule has 0 amide bonds. The minimum absolute atomic E-state index is 0.614. The predicted octanol–water partition coefficient (Wildman–Crippen LogP) is 2.47. The van der Waals surface area contributed by atoms with Crippen molar-refractivity contribution in [3.8, 4) is 11.3 Å². The largest absolute Gasteiger partial charge is 0.353 e. The van der Waals surface area contributed by atoms with Gasteiger partial charge in [-0.1, -0.05) is 29.4 Å². The lowest BCUT2D eigenvalue weighted by molar-refractivity contribution is 0.239. The molecule has 0 radical (unpaired) electrons. The maximum absolute atomic E-state index is 5.04. The molecule has 1 saturated heterocycles. The van der Waals surface area contributed by atoms with Gasteiger partial charge in [0.25, 0.3) is 0 Å². The number of hydrogen-bond acceptors (Lipinski definition) is 7. The maximum atomic E-state index is 5.04. The highest BCUT2D eigenvalue weighted by Crippen LogP contribution is 2.22. The van der Waals surface area contributed by atoms with Crippen LogP contribution in [0.15, 0.2) is 40.9 Å². The van der Waals surface area contributed by atoms with Crippen LogP contribution < -0.4 is 4.90 Å². The number of anilines is 1. The second-order valence-electron chi connectivity index (χ2n) is 6.58. The molecule has 0 unspecified atom stereocenters. The molecule has 0 aliphatic carbocycles. The lowest BCUT2D eigenvalue weighted by atomic mass is 10.1. The molecular formula is C19H22N6O. The SMILES string of the molecule is Cc1nc(CN2CCN(c3ccc(-c4ccccc4C)nn3)CC2)no1. The van der Waals surface area contributed by atoms with Gasteiger partial charge in [0, 0.05) is 38.7 Å². The van der Waals surface area contributed by atoms with Crippen LogP contribution in [0.1, 0.15) is 17.3 Å². The van der Waals surface area contributed by atoms with E-state index in [1.165, 1.54) is 5.56 Å². The highest BCUT2D eigenvalue weighted by atomic mass is 16.5. The minimum Gasteiger partial charge on any atom is -0.353 e. The molecule has 1 aliphatic heterocycles. The van der Waals surface area contributed by atoms with E-state index >= 15 is 0 Å². The van der Waals surface area contributed by atoms with Gasteiger partial charge in [0.1, 0.15) is 0 Å². The van der Waals surface area contributed by atoms with Gasteiger partial charge in [-0.25, -0.2) is 0 Å². The molecule has 0 saturated carbocycles. The molecule has 3 aromatic rings. The summed E-state index contributed by atoms with van der Waals surface area (Å²) in [5.74, 6) is 2.29. The first-order chi connectivity index (χ1) is 12.7. The number of rotatable bonds is 4. The molecule has 2 aromatic heterocycles. The Bertz CT molecular complexity index is 868. The van der Waals surface area contributed by atoms with E-state index in [1.54, 1.807) is 0 Å². The van der Waals surface area contributed by atoms with E-state index in [0.717, 1.165) is 55.6 Å². The van der Waals surface area contributed by atoms with E-state index in [4.69, 9.17) is 4.52 Å². The van der Waals surface area contributed by atoms with Crippen LogP contribution in [0.3, 0.4) is 0 Å². The van der Waals surface area contributed by atoms with Crippen molar-refractivity contribution in [1.29, 1.82) is 0 Å². The van der Waals surface area contributed by atoms with Crippen molar-refractivity contribution >= 4 is 5.82 Å². The van der Waals surface area contributed by atoms with Gasteiger partial charge in [-0.3, -0.25) is 4.90 Å². The van der Waals surface area contributed by atoms with E-state index in [1.807, 2.05) is 19.1 Å². The maximum Gasteiger partial charge on any atom is 0.223 e. The summed E-state index contributed by atoms with van der Waals surface area (Å²) >= 11 is 0. The van der Waals surface area contributed by atoms with Gasteiger partial charge in [0.05, 0.1) is 12.2 Å². The lowest BCUT2D eigenvalue weighted by Gasteiger charge is -2.34. The fraction of sp³-hybridized carbons (Fsp3) is 0.368. The number of piperazine rings is 1. The van der Waals surface area contributed by atoms with Crippen molar-refractivity contribution in [2.45, 2.75) is 20.4 Å². The Hall–Kier alpha value is -2.80. The van der Waals surface area contributed by atoms with Gasteiger partial charge in [-0.05, 0) is 24.6 Å². The highest BCUT2D eigenvalue weighted by Gasteiger charge is 2.20. The molecule has 0 bridgehead atoms. The zero-order chi connectivity index (χ0) is 17.9. The standard InChI is InChI=1S/C19H22N6O/c1-14-5-3-4-6-16(14)17-7-8-19(22-21-17)25-11-9-24(10-12-25)13-18-20-15(2)26-23-18/h3-8H,9-13H2,1-2H3. The first kappa shape index (κ1) is 16.7. The third-order valence-electron chi connectivity index (χ3n) is 4.70. The zero-order valence-corrected chi connectivity index (χ0v) is 15.1. The summed E-state index contributed by atoms with van der Waals surface area (Å²) in [5, 5.41) is 12.9. The van der Waals surface area contributed by atoms with Crippen LogP contribution in [0.2, 0.25) is 0 Å². The van der Waals surface area contributed by atoms with Crippen molar-refractivity contribution in [2.75, 3.05) is 31.1 Å². The molecule has 7 nitrogen and oxygen atoms in total. The molecular weight excluding hydrogens is 328 g/mol. The Labute approximate surface area is 152 Å². The van der Waals surface area contributed by atoms with E-state index < -0.39 is 0 Å². The van der Waals surface area contributed by atoms with Crippen LogP contribution in [-0.2, 0) is 6.54 Å². The van der Waals surface area contributed by atoms with Gasteiger partial charge in [0.15, 0.2) is 11.6 Å². The molecule has 3 heterocycles. The molecule has 134 valence electrons. The molecule has 0 N–H and O–H groups in total.